The molecule has 1 N–H and O–H groups in total. The number of carbonyl (C=O) groups is 2. The van der Waals surface area contributed by atoms with E-state index in [0.29, 0.717) is 26.9 Å². The van der Waals surface area contributed by atoms with Crippen LogP contribution in [-0.4, -0.2) is 16.8 Å². The van der Waals surface area contributed by atoms with Crippen LogP contribution in [0.1, 0.15) is 49.1 Å². The van der Waals surface area contributed by atoms with E-state index in [1.54, 1.807) is 42.5 Å². The molecule has 4 rings (SSSR count). The Bertz CT molecular complexity index is 1300. The molecule has 0 aliphatic carbocycles. The zero-order chi connectivity index (χ0) is 24.8. The van der Waals surface area contributed by atoms with Gasteiger partial charge in [-0.1, -0.05) is 74.3 Å². The van der Waals surface area contributed by atoms with Crippen LogP contribution in [0.3, 0.4) is 0 Å². The van der Waals surface area contributed by atoms with Crippen molar-refractivity contribution in [1.82, 2.24) is 0 Å². The number of benzene rings is 3. The average Bonchev–Trinajstić information content (AvgIpc) is 3.05. The highest BCUT2D eigenvalue weighted by atomic mass is 35.5. The second-order valence-electron chi connectivity index (χ2n) is 9.48. The van der Waals surface area contributed by atoms with E-state index < -0.39 is 17.7 Å². The van der Waals surface area contributed by atoms with Crippen LogP contribution in [0, 0.1) is 6.92 Å². The predicted octanol–water partition coefficient (Wildman–Crippen LogP) is 7.23. The monoisotopic (exact) mass is 493 g/mol. The van der Waals surface area contributed by atoms with Crippen LogP contribution in [-0.2, 0) is 15.0 Å². The molecule has 3 aromatic carbocycles. The fourth-order valence-corrected chi connectivity index (χ4v) is 4.46. The van der Waals surface area contributed by atoms with Crippen molar-refractivity contribution in [2.45, 2.75) is 39.2 Å². The number of aryl methyl sites for hydroxylation is 1. The molecule has 174 valence electrons. The second-order valence-corrected chi connectivity index (χ2v) is 10.4. The maximum Gasteiger partial charge on any atom is 0.300 e. The van der Waals surface area contributed by atoms with Crippen molar-refractivity contribution in [2.75, 3.05) is 4.90 Å². The van der Waals surface area contributed by atoms with Gasteiger partial charge in [0, 0.05) is 21.3 Å². The molecule has 1 atom stereocenters. The Hall–Kier alpha value is -3.08. The van der Waals surface area contributed by atoms with Crippen LogP contribution < -0.4 is 4.90 Å². The predicted molar refractivity (Wildman–Crippen MR) is 138 cm³/mol. The number of aliphatic hydroxyl groups is 1. The molecule has 0 radical (unpaired) electrons. The Morgan fingerprint density at radius 3 is 2.06 bits per heavy atom. The highest BCUT2D eigenvalue weighted by Crippen LogP contribution is 2.44. The number of aliphatic hydroxyl groups excluding tert-OH is 1. The molecule has 3 aromatic rings. The molecule has 0 saturated carbocycles. The second kappa shape index (κ2) is 8.94. The first-order valence-electron chi connectivity index (χ1n) is 10.9. The van der Waals surface area contributed by atoms with E-state index in [2.05, 4.69) is 20.8 Å². The van der Waals surface area contributed by atoms with E-state index in [9.17, 15) is 14.7 Å². The van der Waals surface area contributed by atoms with Crippen LogP contribution in [0.4, 0.5) is 5.69 Å². The summed E-state index contributed by atoms with van der Waals surface area (Å²) < 4.78 is 0. The number of rotatable bonds is 3. The third-order valence-corrected chi connectivity index (χ3v) is 6.57. The van der Waals surface area contributed by atoms with E-state index in [1.807, 2.05) is 31.2 Å². The van der Waals surface area contributed by atoms with Crippen molar-refractivity contribution in [1.29, 1.82) is 0 Å². The number of anilines is 1. The van der Waals surface area contributed by atoms with Gasteiger partial charge in [-0.05, 0) is 65.4 Å². The summed E-state index contributed by atoms with van der Waals surface area (Å²) in [6, 6.07) is 18.7. The molecule has 1 saturated heterocycles. The van der Waals surface area contributed by atoms with E-state index >= 15 is 0 Å². The Morgan fingerprint density at radius 1 is 0.882 bits per heavy atom. The van der Waals surface area contributed by atoms with Gasteiger partial charge in [0.2, 0.25) is 0 Å². The minimum atomic E-state index is -0.818. The molecule has 0 bridgehead atoms. The first-order chi connectivity index (χ1) is 16.0. The molecule has 6 heteroatoms. The highest BCUT2D eigenvalue weighted by Gasteiger charge is 2.47. The minimum absolute atomic E-state index is 0.0233. The van der Waals surface area contributed by atoms with E-state index in [0.717, 1.165) is 11.1 Å². The molecule has 1 fully saturated rings. The Balaban J connectivity index is 1.96. The summed E-state index contributed by atoms with van der Waals surface area (Å²) in [6.45, 7) is 8.20. The third kappa shape index (κ3) is 4.36. The molecule has 0 spiro atoms. The maximum absolute atomic E-state index is 13.3. The SMILES string of the molecule is Cc1ccc(Cl)cc1N1C(=O)C(=O)/C(=C(/O)c2ccc(Cl)cc2)C1c1ccc(C(C)(C)C)cc1. The van der Waals surface area contributed by atoms with Crippen molar-refractivity contribution in [3.05, 3.63) is 105 Å². The normalized spacial score (nSPS) is 17.9. The van der Waals surface area contributed by atoms with Gasteiger partial charge in [0.1, 0.15) is 5.76 Å². The minimum Gasteiger partial charge on any atom is -0.507 e. The lowest BCUT2D eigenvalue weighted by atomic mass is 9.85. The van der Waals surface area contributed by atoms with Crippen molar-refractivity contribution in [2.24, 2.45) is 0 Å². The Kier molecular flexibility index (Phi) is 6.32. The van der Waals surface area contributed by atoms with Gasteiger partial charge in [-0.2, -0.15) is 0 Å². The van der Waals surface area contributed by atoms with Crippen molar-refractivity contribution >= 4 is 46.3 Å². The first kappa shape index (κ1) is 24.1. The highest BCUT2D eigenvalue weighted by molar-refractivity contribution is 6.52. The summed E-state index contributed by atoms with van der Waals surface area (Å²) >= 11 is 12.3. The summed E-state index contributed by atoms with van der Waals surface area (Å²) in [7, 11) is 0. The zero-order valence-corrected chi connectivity index (χ0v) is 20.9. The number of ketones is 1. The van der Waals surface area contributed by atoms with Crippen molar-refractivity contribution in [3.8, 4) is 0 Å². The number of carbonyl (C=O) groups excluding carboxylic acids is 2. The number of hydrogen-bond donors (Lipinski definition) is 1. The van der Waals surface area contributed by atoms with Gasteiger partial charge in [0.05, 0.1) is 11.6 Å². The summed E-state index contributed by atoms with van der Waals surface area (Å²) in [5.74, 6) is -1.72. The van der Waals surface area contributed by atoms with E-state index in [4.69, 9.17) is 23.2 Å². The molecule has 1 unspecified atom stereocenters. The van der Waals surface area contributed by atoms with Crippen LogP contribution in [0.2, 0.25) is 10.0 Å². The number of amides is 1. The fraction of sp³-hybridized carbons (Fsp3) is 0.214. The van der Waals surface area contributed by atoms with Crippen LogP contribution in [0.25, 0.3) is 5.76 Å². The number of nitrogens with zero attached hydrogens (tertiary/aromatic N) is 1. The Morgan fingerprint density at radius 2 is 1.47 bits per heavy atom. The third-order valence-electron chi connectivity index (χ3n) is 6.09. The van der Waals surface area contributed by atoms with Gasteiger partial charge >= 0.3 is 0 Å². The maximum atomic E-state index is 13.3. The molecule has 1 heterocycles. The molecule has 1 amide bonds. The fourth-order valence-electron chi connectivity index (χ4n) is 4.17. The summed E-state index contributed by atoms with van der Waals surface area (Å²) in [6.07, 6.45) is 0. The van der Waals surface area contributed by atoms with Crippen molar-refractivity contribution in [3.63, 3.8) is 0 Å². The zero-order valence-electron chi connectivity index (χ0n) is 19.4. The van der Waals surface area contributed by atoms with Gasteiger partial charge in [0.25, 0.3) is 11.7 Å². The van der Waals surface area contributed by atoms with Crippen LogP contribution in [0.15, 0.2) is 72.3 Å². The van der Waals surface area contributed by atoms with Gasteiger partial charge < -0.3 is 5.11 Å². The average molecular weight is 494 g/mol. The molecular formula is C28H25Cl2NO3. The van der Waals surface area contributed by atoms with Crippen molar-refractivity contribution < 1.29 is 14.7 Å². The first-order valence-corrected chi connectivity index (χ1v) is 11.7. The van der Waals surface area contributed by atoms with Crippen LogP contribution in [0.5, 0.6) is 0 Å². The lowest BCUT2D eigenvalue weighted by molar-refractivity contribution is -0.132. The molecule has 34 heavy (non-hydrogen) atoms. The summed E-state index contributed by atoms with van der Waals surface area (Å²) in [5.41, 5.74) is 3.50. The largest absolute Gasteiger partial charge is 0.507 e. The molecular weight excluding hydrogens is 469 g/mol. The smallest absolute Gasteiger partial charge is 0.300 e. The number of hydrogen-bond acceptors (Lipinski definition) is 3. The van der Waals surface area contributed by atoms with Gasteiger partial charge in [0.15, 0.2) is 0 Å². The molecule has 0 aromatic heterocycles. The van der Waals surface area contributed by atoms with Gasteiger partial charge in [-0.15, -0.1) is 0 Å². The van der Waals surface area contributed by atoms with Crippen LogP contribution >= 0.6 is 23.2 Å². The van der Waals surface area contributed by atoms with E-state index in [1.165, 1.54) is 4.90 Å². The molecule has 4 nitrogen and oxygen atoms in total. The quantitative estimate of drug-likeness (QED) is 0.238. The lowest BCUT2D eigenvalue weighted by Crippen LogP contribution is -2.30. The summed E-state index contributed by atoms with van der Waals surface area (Å²) in [5, 5.41) is 12.2. The van der Waals surface area contributed by atoms with Gasteiger partial charge in [-0.25, -0.2) is 0 Å². The topological polar surface area (TPSA) is 57.6 Å². The lowest BCUT2D eigenvalue weighted by Gasteiger charge is -2.28. The molecule has 1 aliphatic rings. The summed E-state index contributed by atoms with van der Waals surface area (Å²) in [4.78, 5) is 28.1. The standard InChI is InChI=1S/C28H25Cl2NO3/c1-16-5-12-21(30)15-22(16)31-24(17-6-10-19(11-7-17)28(2,3)4)23(26(33)27(31)34)25(32)18-8-13-20(29)14-9-18/h5-15,24,32H,1-4H3/b25-23+. The Labute approximate surface area is 209 Å². The number of Topliss-reactive ketones (excluding diaryl/α,β-unsaturated/α-hetero) is 1. The molecule has 1 aliphatic heterocycles. The van der Waals surface area contributed by atoms with E-state index in [-0.39, 0.29) is 16.7 Å². The van der Waals surface area contributed by atoms with Gasteiger partial charge in [-0.3, -0.25) is 14.5 Å². The number of halogens is 2.